The molecule has 16 rings (SSSR count). The molecular formula is C78H59IrN8O-3. The van der Waals surface area contributed by atoms with Crippen LogP contribution in [0.4, 0.5) is 0 Å². The number of furan rings is 1. The van der Waals surface area contributed by atoms with Crippen molar-refractivity contribution in [3.05, 3.63) is 290 Å². The molecule has 0 amide bonds. The van der Waals surface area contributed by atoms with Gasteiger partial charge in [0.15, 0.2) is 0 Å². The number of hydrogen-bond acceptors (Lipinski definition) is 4. The molecule has 0 atom stereocenters. The number of aromatic nitrogens is 8. The maximum Gasteiger partial charge on any atom is 0.241 e. The van der Waals surface area contributed by atoms with Gasteiger partial charge >= 0.3 is 0 Å². The molecule has 88 heavy (non-hydrogen) atoms. The maximum atomic E-state index is 6.47. The van der Waals surface area contributed by atoms with E-state index in [1.807, 2.05) is 90.6 Å². The Morgan fingerprint density at radius 1 is 0.557 bits per heavy atom. The van der Waals surface area contributed by atoms with Crippen LogP contribution in [-0.2, 0) is 33.6 Å². The van der Waals surface area contributed by atoms with Crippen molar-refractivity contribution in [3.63, 3.8) is 0 Å². The Bertz CT molecular complexity index is 5180. The van der Waals surface area contributed by atoms with E-state index >= 15 is 0 Å². The van der Waals surface area contributed by atoms with Crippen LogP contribution in [0.3, 0.4) is 0 Å². The van der Waals surface area contributed by atoms with Crippen molar-refractivity contribution in [1.29, 1.82) is 0 Å². The van der Waals surface area contributed by atoms with Gasteiger partial charge in [0.05, 0.1) is 51.6 Å². The van der Waals surface area contributed by atoms with Crippen LogP contribution in [0.1, 0.15) is 61.9 Å². The van der Waals surface area contributed by atoms with Crippen LogP contribution in [0, 0.1) is 24.5 Å². The first-order valence-electron chi connectivity index (χ1n) is 29.7. The Morgan fingerprint density at radius 2 is 1.30 bits per heavy atom. The third kappa shape index (κ3) is 9.90. The molecule has 0 fully saturated rings. The van der Waals surface area contributed by atoms with Crippen LogP contribution < -0.4 is 4.57 Å². The van der Waals surface area contributed by atoms with Crippen LogP contribution in [0.5, 0.6) is 0 Å². The molecule has 6 aromatic heterocycles. The van der Waals surface area contributed by atoms with Crippen molar-refractivity contribution >= 4 is 60.8 Å². The first-order valence-corrected chi connectivity index (χ1v) is 29.7. The number of hydrogen-bond donors (Lipinski definition) is 0. The smallest absolute Gasteiger partial charge is 0.241 e. The first-order chi connectivity index (χ1) is 42.7. The summed E-state index contributed by atoms with van der Waals surface area (Å²) in [5, 5.41) is 2.18. The van der Waals surface area contributed by atoms with E-state index in [-0.39, 0.29) is 20.1 Å². The van der Waals surface area contributed by atoms with E-state index in [1.165, 1.54) is 33.5 Å². The molecule has 0 saturated heterocycles. The summed E-state index contributed by atoms with van der Waals surface area (Å²) in [6.45, 7) is 9.12. The van der Waals surface area contributed by atoms with E-state index in [0.717, 1.165) is 118 Å². The summed E-state index contributed by atoms with van der Waals surface area (Å²) in [6, 6.07) is 90.1. The second kappa shape index (κ2) is 23.2. The summed E-state index contributed by atoms with van der Waals surface area (Å²) in [6.07, 6.45) is 8.12. The quantitative estimate of drug-likeness (QED) is 0.0955. The third-order valence-electron chi connectivity index (χ3n) is 16.6. The van der Waals surface area contributed by atoms with E-state index in [4.69, 9.17) is 14.4 Å². The molecule has 1 radical (unpaired) electrons. The van der Waals surface area contributed by atoms with E-state index < -0.39 is 0 Å². The fourth-order valence-corrected chi connectivity index (χ4v) is 12.4. The van der Waals surface area contributed by atoms with Gasteiger partial charge in [-0.05, 0) is 124 Å². The van der Waals surface area contributed by atoms with Gasteiger partial charge in [-0.2, -0.15) is 30.3 Å². The topological polar surface area (TPSA) is 74.9 Å². The van der Waals surface area contributed by atoms with Crippen LogP contribution in [0.15, 0.2) is 247 Å². The van der Waals surface area contributed by atoms with Crippen molar-refractivity contribution in [2.24, 2.45) is 7.05 Å². The van der Waals surface area contributed by atoms with Crippen LogP contribution in [0.2, 0.25) is 0 Å². The summed E-state index contributed by atoms with van der Waals surface area (Å²) in [5.74, 6) is 2.33. The average molecular weight is 1320 g/mol. The van der Waals surface area contributed by atoms with Gasteiger partial charge in [-0.15, -0.1) is 48.0 Å². The Labute approximate surface area is 524 Å². The number of pyridine rings is 1. The van der Waals surface area contributed by atoms with E-state index in [2.05, 4.69) is 239 Å². The van der Waals surface area contributed by atoms with Crippen LogP contribution in [-0.4, -0.2) is 33.1 Å². The Morgan fingerprint density at radius 3 is 2.08 bits per heavy atom. The molecule has 0 bridgehead atoms. The summed E-state index contributed by atoms with van der Waals surface area (Å²) in [7, 11) is 2.05. The number of benzene rings is 10. The van der Waals surface area contributed by atoms with Crippen LogP contribution >= 0.6 is 0 Å². The zero-order valence-electron chi connectivity index (χ0n) is 49.3. The SMILES string of the molecule is CC(C)c1cc(-c2ccccc2)cc(C(C)C)c1-n1c(-c2[c-]ccc3c2oc2ccccc23)nc2ccccc21.C[n+]1[c-]n(-c2[c-]cccc2)cc1Cc1ccc2c(c1)n1c3c(-c4cc[c-]c(-c5ccccn5)c4)cccc3nc1n2-c1ccccc1.[Ir]. The number of para-hydroxylation sites is 6. The van der Waals surface area contributed by atoms with Crippen molar-refractivity contribution in [3.8, 4) is 62.0 Å². The molecule has 9 nitrogen and oxygen atoms in total. The second-order valence-electron chi connectivity index (χ2n) is 22.8. The minimum atomic E-state index is 0. The average Bonchev–Trinajstić information content (AvgIpc) is 1.58. The fraction of sp³-hybridized carbons (Fsp3) is 0.103. The first kappa shape index (κ1) is 55.6. The molecule has 6 heterocycles. The Hall–Kier alpha value is -10.3. The molecule has 10 heteroatoms. The maximum absolute atomic E-state index is 6.47. The summed E-state index contributed by atoms with van der Waals surface area (Å²) >= 11 is 0. The van der Waals surface area contributed by atoms with E-state index in [0.29, 0.717) is 11.8 Å². The summed E-state index contributed by atoms with van der Waals surface area (Å²) < 4.78 is 17.5. The molecule has 0 spiro atoms. The van der Waals surface area contributed by atoms with Crippen molar-refractivity contribution in [1.82, 2.24) is 33.1 Å². The predicted octanol–water partition coefficient (Wildman–Crippen LogP) is 18.1. The van der Waals surface area contributed by atoms with Crippen molar-refractivity contribution in [2.45, 2.75) is 46.0 Å². The molecule has 10 aromatic carbocycles. The molecule has 429 valence electrons. The fourth-order valence-electron chi connectivity index (χ4n) is 12.4. The largest absolute Gasteiger partial charge is 0.501 e. The van der Waals surface area contributed by atoms with Crippen molar-refractivity contribution < 1.29 is 29.1 Å². The minimum absolute atomic E-state index is 0. The van der Waals surface area contributed by atoms with E-state index in [9.17, 15) is 0 Å². The van der Waals surface area contributed by atoms with Crippen LogP contribution in [0.25, 0.3) is 123 Å². The van der Waals surface area contributed by atoms with Gasteiger partial charge in [-0.25, -0.2) is 4.98 Å². The summed E-state index contributed by atoms with van der Waals surface area (Å²) in [4.78, 5) is 15.1. The molecule has 0 unspecified atom stereocenters. The van der Waals surface area contributed by atoms with Gasteiger partial charge in [0.1, 0.15) is 5.58 Å². The molecule has 0 aliphatic rings. The van der Waals surface area contributed by atoms with E-state index in [1.54, 1.807) is 0 Å². The predicted molar refractivity (Wildman–Crippen MR) is 351 cm³/mol. The van der Waals surface area contributed by atoms with Gasteiger partial charge in [-0.3, -0.25) is 14.0 Å². The minimum Gasteiger partial charge on any atom is -0.501 e. The Balaban J connectivity index is 0.000000155. The second-order valence-corrected chi connectivity index (χ2v) is 22.8. The van der Waals surface area contributed by atoms with Crippen molar-refractivity contribution in [2.75, 3.05) is 0 Å². The number of nitrogens with zero attached hydrogens (tertiary/aromatic N) is 8. The van der Waals surface area contributed by atoms with Gasteiger partial charge in [0, 0.05) is 55.0 Å². The number of rotatable bonds is 11. The summed E-state index contributed by atoms with van der Waals surface area (Å²) in [5.41, 5.74) is 23.5. The van der Waals surface area contributed by atoms with Gasteiger partial charge in [-0.1, -0.05) is 159 Å². The molecule has 0 aliphatic carbocycles. The number of fused-ring (bicyclic) bond motifs is 9. The standard InChI is InChI=1S/C41H28N6.C37H31N2O.Ir/c1-44-28-45(32-14-4-2-5-15-32)27-34(44)24-29-21-22-38-39(25-29)47-40-35(30-12-10-13-31(26-30)36-19-8-9-23-42-36)18-11-20-37(40)43-41(47)46(38)33-16-6-3-7-17-33;1-23(2)30-21-26(25-13-6-5-7-14-25)22-31(24(3)4)35(30)39-33-19-10-9-18-32(33)38-37(39)29-17-12-16-28-27-15-8-11-20-34(27)40-36(28)29;/h2-12,14,16-23,25-27H,24H2,1H3;5-16,18-24H,1-4H3;/q-2;-1;. The number of imidazole rings is 4. The zero-order valence-corrected chi connectivity index (χ0v) is 51.7. The Kier molecular flexibility index (Phi) is 14.7. The molecular weight excluding hydrogens is 1260 g/mol. The monoisotopic (exact) mass is 1320 g/mol. The molecule has 0 aliphatic heterocycles. The normalized spacial score (nSPS) is 11.6. The number of aryl methyl sites for hydroxylation is 1. The third-order valence-corrected chi connectivity index (χ3v) is 16.6. The van der Waals surface area contributed by atoms with Gasteiger partial charge in [0.2, 0.25) is 12.1 Å². The molecule has 16 aromatic rings. The van der Waals surface area contributed by atoms with Gasteiger partial charge < -0.3 is 23.1 Å². The van der Waals surface area contributed by atoms with Gasteiger partial charge in [0.25, 0.3) is 0 Å². The molecule has 0 saturated carbocycles. The molecule has 0 N–H and O–H groups in total. The zero-order chi connectivity index (χ0) is 58.7.